The maximum Gasteiger partial charge on any atom is 0.324 e. The van der Waals surface area contributed by atoms with Crippen molar-refractivity contribution in [3.05, 3.63) is 29.8 Å². The molecule has 9 nitrogen and oxygen atoms in total. The molecule has 0 bridgehead atoms. The second-order valence-corrected chi connectivity index (χ2v) is 8.71. The van der Waals surface area contributed by atoms with Crippen molar-refractivity contribution in [2.24, 2.45) is 0 Å². The lowest BCUT2D eigenvalue weighted by molar-refractivity contribution is -0.151. The molecule has 0 spiro atoms. The summed E-state index contributed by atoms with van der Waals surface area (Å²) >= 11 is 0. The van der Waals surface area contributed by atoms with Crippen LogP contribution in [0.4, 0.5) is 0 Å². The van der Waals surface area contributed by atoms with Crippen LogP contribution >= 0.6 is 0 Å². The van der Waals surface area contributed by atoms with Gasteiger partial charge in [-0.25, -0.2) is 8.42 Å². The monoisotopic (exact) mass is 425 g/mol. The van der Waals surface area contributed by atoms with Crippen LogP contribution < -0.4 is 10.6 Å². The van der Waals surface area contributed by atoms with Crippen LogP contribution in [-0.4, -0.2) is 62.8 Å². The number of nitrogens with one attached hydrogen (secondary N) is 2. The first-order valence-corrected chi connectivity index (χ1v) is 11.0. The van der Waals surface area contributed by atoms with Crippen molar-refractivity contribution in [1.29, 1.82) is 0 Å². The van der Waals surface area contributed by atoms with Crippen molar-refractivity contribution in [1.82, 2.24) is 14.9 Å². The smallest absolute Gasteiger partial charge is 0.324 e. The van der Waals surface area contributed by atoms with Gasteiger partial charge in [0, 0.05) is 13.1 Å². The van der Waals surface area contributed by atoms with E-state index in [1.54, 1.807) is 12.1 Å². The van der Waals surface area contributed by atoms with Crippen molar-refractivity contribution in [3.63, 3.8) is 0 Å². The van der Waals surface area contributed by atoms with E-state index >= 15 is 0 Å². The summed E-state index contributed by atoms with van der Waals surface area (Å²) in [5, 5.41) is 4.95. The minimum atomic E-state index is -3.84. The quantitative estimate of drug-likeness (QED) is 0.550. The van der Waals surface area contributed by atoms with Crippen molar-refractivity contribution < 1.29 is 27.5 Å². The first kappa shape index (κ1) is 22.8. The number of sulfonamides is 1. The molecule has 0 saturated carbocycles. The molecular formula is C19H27N3O6S. The zero-order chi connectivity index (χ0) is 21.4. The molecule has 1 fully saturated rings. The number of benzene rings is 1. The number of aryl methyl sites for hydroxylation is 1. The molecule has 0 radical (unpaired) electrons. The van der Waals surface area contributed by atoms with E-state index in [0.717, 1.165) is 16.3 Å². The molecule has 160 valence electrons. The molecule has 1 aliphatic rings. The van der Waals surface area contributed by atoms with Gasteiger partial charge in [-0.15, -0.1) is 0 Å². The normalized spacial score (nSPS) is 17.0. The second-order valence-electron chi connectivity index (χ2n) is 6.82. The predicted octanol–water partition coefficient (Wildman–Crippen LogP) is 0.334. The Morgan fingerprint density at radius 3 is 2.48 bits per heavy atom. The van der Waals surface area contributed by atoms with E-state index in [4.69, 9.17) is 4.74 Å². The van der Waals surface area contributed by atoms with Crippen molar-refractivity contribution in [2.75, 3.05) is 26.2 Å². The van der Waals surface area contributed by atoms with Crippen LogP contribution in [0.3, 0.4) is 0 Å². The fraction of sp³-hybridized carbons (Fsp3) is 0.526. The fourth-order valence-electron chi connectivity index (χ4n) is 2.90. The Labute approximate surface area is 170 Å². The maximum atomic E-state index is 12.9. The number of rotatable bonds is 9. The Bertz CT molecular complexity index is 838. The zero-order valence-electron chi connectivity index (χ0n) is 16.6. The van der Waals surface area contributed by atoms with E-state index in [1.165, 1.54) is 12.1 Å². The number of carbonyl (C=O) groups is 3. The van der Waals surface area contributed by atoms with E-state index in [2.05, 4.69) is 10.6 Å². The molecule has 0 unspecified atom stereocenters. The number of ether oxygens (including phenoxy) is 1. The summed E-state index contributed by atoms with van der Waals surface area (Å²) in [5.74, 6) is -1.74. The Hall–Kier alpha value is -2.46. The first-order valence-electron chi connectivity index (χ1n) is 9.54. The van der Waals surface area contributed by atoms with E-state index < -0.39 is 34.5 Å². The third kappa shape index (κ3) is 6.26. The van der Waals surface area contributed by atoms with Crippen LogP contribution in [0.15, 0.2) is 29.2 Å². The lowest BCUT2D eigenvalue weighted by Crippen LogP contribution is -2.43. The van der Waals surface area contributed by atoms with Gasteiger partial charge in [0.2, 0.25) is 15.9 Å². The summed E-state index contributed by atoms with van der Waals surface area (Å²) in [6.45, 7) is 3.69. The highest BCUT2D eigenvalue weighted by Crippen LogP contribution is 2.27. The Morgan fingerprint density at radius 2 is 1.83 bits per heavy atom. The molecule has 1 aliphatic heterocycles. The number of amides is 2. The summed E-state index contributed by atoms with van der Waals surface area (Å²) in [7, 11) is -3.84. The average Bonchev–Trinajstić information content (AvgIpc) is 3.20. The molecule has 0 aromatic heterocycles. The standard InChI is InChI=1S/C19H27N3O6S/c1-3-10-20-17(23)12-21-18(24)13-28-19(25)16-5-4-11-22(16)29(26,27)15-8-6-14(2)7-9-15/h6-9,16H,3-5,10-13H2,1-2H3,(H,20,23)(H,21,24)/t16-/m0/s1. The maximum absolute atomic E-state index is 12.9. The van der Waals surface area contributed by atoms with E-state index in [0.29, 0.717) is 19.4 Å². The summed E-state index contributed by atoms with van der Waals surface area (Å²) in [6, 6.07) is 5.42. The molecule has 1 heterocycles. The third-order valence-corrected chi connectivity index (χ3v) is 6.39. The van der Waals surface area contributed by atoms with Gasteiger partial charge in [0.05, 0.1) is 11.4 Å². The van der Waals surface area contributed by atoms with Crippen molar-refractivity contribution >= 4 is 27.8 Å². The van der Waals surface area contributed by atoms with Crippen LogP contribution in [0, 0.1) is 6.92 Å². The van der Waals surface area contributed by atoms with Gasteiger partial charge in [0.15, 0.2) is 6.61 Å². The number of hydrogen-bond acceptors (Lipinski definition) is 6. The molecule has 1 saturated heterocycles. The Balaban J connectivity index is 1.90. The highest BCUT2D eigenvalue weighted by molar-refractivity contribution is 7.89. The molecule has 2 N–H and O–H groups in total. The number of esters is 1. The summed E-state index contributed by atoms with van der Waals surface area (Å²) in [4.78, 5) is 35.7. The van der Waals surface area contributed by atoms with Crippen molar-refractivity contribution in [3.8, 4) is 0 Å². The van der Waals surface area contributed by atoms with Gasteiger partial charge in [-0.05, 0) is 38.3 Å². The Morgan fingerprint density at radius 1 is 1.14 bits per heavy atom. The molecule has 10 heteroatoms. The van der Waals surface area contributed by atoms with E-state index in [1.807, 2.05) is 13.8 Å². The largest absolute Gasteiger partial charge is 0.454 e. The van der Waals surface area contributed by atoms with E-state index in [-0.39, 0.29) is 23.9 Å². The summed E-state index contributed by atoms with van der Waals surface area (Å²) in [6.07, 6.45) is 1.63. The molecule has 1 aromatic carbocycles. The molecule has 1 atom stereocenters. The fourth-order valence-corrected chi connectivity index (χ4v) is 4.55. The molecule has 2 rings (SSSR count). The van der Waals surface area contributed by atoms with Gasteiger partial charge in [-0.1, -0.05) is 24.6 Å². The highest BCUT2D eigenvalue weighted by atomic mass is 32.2. The predicted molar refractivity (Wildman–Crippen MR) is 105 cm³/mol. The summed E-state index contributed by atoms with van der Waals surface area (Å²) in [5.41, 5.74) is 0.927. The molecule has 0 aliphatic carbocycles. The van der Waals surface area contributed by atoms with Gasteiger partial charge >= 0.3 is 5.97 Å². The SMILES string of the molecule is CCCNC(=O)CNC(=O)COC(=O)[C@@H]1CCCN1S(=O)(=O)c1ccc(C)cc1. The van der Waals surface area contributed by atoms with Gasteiger partial charge in [0.1, 0.15) is 6.04 Å². The zero-order valence-corrected chi connectivity index (χ0v) is 17.5. The minimum absolute atomic E-state index is 0.110. The lowest BCUT2D eigenvalue weighted by Gasteiger charge is -2.22. The van der Waals surface area contributed by atoms with Gasteiger partial charge in [0.25, 0.3) is 5.91 Å². The number of hydrogen-bond donors (Lipinski definition) is 2. The third-order valence-electron chi connectivity index (χ3n) is 4.47. The number of nitrogens with zero attached hydrogens (tertiary/aromatic N) is 1. The highest BCUT2D eigenvalue weighted by Gasteiger charge is 2.40. The van der Waals surface area contributed by atoms with Gasteiger partial charge in [-0.3, -0.25) is 14.4 Å². The molecule has 29 heavy (non-hydrogen) atoms. The lowest BCUT2D eigenvalue weighted by atomic mass is 10.2. The van der Waals surface area contributed by atoms with Crippen LogP contribution in [0.2, 0.25) is 0 Å². The molecule has 1 aromatic rings. The molecule has 2 amide bonds. The average molecular weight is 426 g/mol. The van der Waals surface area contributed by atoms with Gasteiger partial charge < -0.3 is 15.4 Å². The van der Waals surface area contributed by atoms with Gasteiger partial charge in [-0.2, -0.15) is 4.31 Å². The second kappa shape index (κ2) is 10.4. The Kier molecular flexibility index (Phi) is 8.15. The van der Waals surface area contributed by atoms with Crippen LogP contribution in [0.1, 0.15) is 31.7 Å². The summed E-state index contributed by atoms with van der Waals surface area (Å²) < 4.78 is 31.8. The van der Waals surface area contributed by atoms with Crippen LogP contribution in [0.5, 0.6) is 0 Å². The topological polar surface area (TPSA) is 122 Å². The van der Waals surface area contributed by atoms with E-state index in [9.17, 15) is 22.8 Å². The molecular weight excluding hydrogens is 398 g/mol. The first-order chi connectivity index (χ1) is 13.8. The van der Waals surface area contributed by atoms with Crippen molar-refractivity contribution in [2.45, 2.75) is 44.0 Å². The van der Waals surface area contributed by atoms with Crippen LogP contribution in [-0.2, 0) is 29.1 Å². The minimum Gasteiger partial charge on any atom is -0.454 e. The van der Waals surface area contributed by atoms with Crippen LogP contribution in [0.25, 0.3) is 0 Å². The number of carbonyl (C=O) groups excluding carboxylic acids is 3.